The van der Waals surface area contributed by atoms with Crippen molar-refractivity contribution in [2.45, 2.75) is 13.3 Å². The Morgan fingerprint density at radius 1 is 1.16 bits per heavy atom. The minimum absolute atomic E-state index is 0.0662. The fourth-order valence-corrected chi connectivity index (χ4v) is 3.15. The first-order valence-corrected chi connectivity index (χ1v) is 8.91. The number of benzene rings is 2. The van der Waals surface area contributed by atoms with Crippen LogP contribution >= 0.6 is 11.3 Å². The van der Waals surface area contributed by atoms with Crippen LogP contribution in [0.25, 0.3) is 10.6 Å². The molecular weight excluding hydrogens is 328 g/mol. The molecule has 3 nitrogen and oxygen atoms in total. The monoisotopic (exact) mass is 346 g/mol. The molecule has 3 aromatic rings. The summed E-state index contributed by atoms with van der Waals surface area (Å²) in [5.74, 6) is 5.91. The van der Waals surface area contributed by atoms with Gasteiger partial charge in [0.15, 0.2) is 0 Å². The number of aromatic nitrogens is 1. The number of carbonyl (C=O) groups excluding carboxylic acids is 1. The average Bonchev–Trinajstić information content (AvgIpc) is 3.08. The fourth-order valence-electron chi connectivity index (χ4n) is 2.34. The summed E-state index contributed by atoms with van der Waals surface area (Å²) in [5, 5.41) is 5.69. The molecule has 2 aromatic carbocycles. The summed E-state index contributed by atoms with van der Waals surface area (Å²) in [6.07, 6.45) is 0.273. The maximum atomic E-state index is 12.0. The molecule has 0 unspecified atom stereocenters. The molecule has 0 aliphatic carbocycles. The SMILES string of the molecule is Cc1cccc(-c2nc(CC(=O)NCC#Cc3ccccc3)cs2)c1. The van der Waals surface area contributed by atoms with E-state index < -0.39 is 0 Å². The quantitative estimate of drug-likeness (QED) is 0.730. The van der Waals surface area contributed by atoms with Gasteiger partial charge in [0.25, 0.3) is 0 Å². The van der Waals surface area contributed by atoms with E-state index in [0.717, 1.165) is 21.8 Å². The van der Waals surface area contributed by atoms with E-state index in [1.165, 1.54) is 5.56 Å². The van der Waals surface area contributed by atoms with Crippen LogP contribution in [-0.4, -0.2) is 17.4 Å². The summed E-state index contributed by atoms with van der Waals surface area (Å²) in [5.41, 5.74) is 4.02. The molecule has 25 heavy (non-hydrogen) atoms. The van der Waals surface area contributed by atoms with Crippen LogP contribution in [0.1, 0.15) is 16.8 Å². The highest BCUT2D eigenvalue weighted by Gasteiger charge is 2.08. The van der Waals surface area contributed by atoms with E-state index in [9.17, 15) is 4.79 Å². The van der Waals surface area contributed by atoms with E-state index in [2.05, 4.69) is 41.2 Å². The fraction of sp³-hybridized carbons (Fsp3) is 0.143. The Labute approximate surface area is 151 Å². The maximum Gasteiger partial charge on any atom is 0.226 e. The number of carbonyl (C=O) groups is 1. The third-order valence-electron chi connectivity index (χ3n) is 3.54. The molecule has 1 amide bonds. The van der Waals surface area contributed by atoms with Crippen molar-refractivity contribution in [2.75, 3.05) is 6.54 Å². The Balaban J connectivity index is 1.53. The lowest BCUT2D eigenvalue weighted by molar-refractivity contribution is -0.120. The highest BCUT2D eigenvalue weighted by atomic mass is 32.1. The summed E-state index contributed by atoms with van der Waals surface area (Å²) in [6, 6.07) is 17.9. The summed E-state index contributed by atoms with van der Waals surface area (Å²) in [6.45, 7) is 2.39. The van der Waals surface area contributed by atoms with Crippen LogP contribution in [0.2, 0.25) is 0 Å². The number of rotatable bonds is 4. The lowest BCUT2D eigenvalue weighted by Crippen LogP contribution is -2.25. The highest BCUT2D eigenvalue weighted by Crippen LogP contribution is 2.24. The highest BCUT2D eigenvalue weighted by molar-refractivity contribution is 7.13. The zero-order chi connectivity index (χ0) is 17.5. The third-order valence-corrected chi connectivity index (χ3v) is 4.48. The van der Waals surface area contributed by atoms with Crippen LogP contribution in [-0.2, 0) is 11.2 Å². The second-order valence-corrected chi connectivity index (χ2v) is 6.49. The Kier molecular flexibility index (Phi) is 5.61. The summed E-state index contributed by atoms with van der Waals surface area (Å²) in [7, 11) is 0. The molecule has 0 spiro atoms. The maximum absolute atomic E-state index is 12.0. The van der Waals surface area contributed by atoms with Crippen LogP contribution in [0.15, 0.2) is 60.0 Å². The molecule has 0 fully saturated rings. The predicted octanol–water partition coefficient (Wildman–Crippen LogP) is 3.83. The van der Waals surface area contributed by atoms with E-state index in [1.54, 1.807) is 11.3 Å². The smallest absolute Gasteiger partial charge is 0.226 e. The van der Waals surface area contributed by atoms with Crippen LogP contribution in [0.3, 0.4) is 0 Å². The van der Waals surface area contributed by atoms with Crippen molar-refractivity contribution in [1.29, 1.82) is 0 Å². The molecular formula is C21H18N2OS. The Morgan fingerprint density at radius 3 is 2.80 bits per heavy atom. The average molecular weight is 346 g/mol. The number of aryl methyl sites for hydroxylation is 1. The van der Waals surface area contributed by atoms with Gasteiger partial charge in [-0.15, -0.1) is 11.3 Å². The lowest BCUT2D eigenvalue weighted by Gasteiger charge is -1.99. The second-order valence-electron chi connectivity index (χ2n) is 5.63. The zero-order valence-corrected chi connectivity index (χ0v) is 14.8. The molecule has 124 valence electrons. The molecule has 0 atom stereocenters. The molecule has 1 heterocycles. The molecule has 1 aromatic heterocycles. The van der Waals surface area contributed by atoms with Crippen molar-refractivity contribution < 1.29 is 4.79 Å². The molecule has 0 bridgehead atoms. The Bertz CT molecular complexity index is 920. The molecule has 0 aliphatic rings. The van der Waals surface area contributed by atoms with Crippen molar-refractivity contribution in [1.82, 2.24) is 10.3 Å². The molecule has 4 heteroatoms. The molecule has 0 aliphatic heterocycles. The summed E-state index contributed by atoms with van der Waals surface area (Å²) < 4.78 is 0. The van der Waals surface area contributed by atoms with Gasteiger partial charge in [-0.1, -0.05) is 53.8 Å². The number of amides is 1. The van der Waals surface area contributed by atoms with E-state index in [4.69, 9.17) is 0 Å². The Morgan fingerprint density at radius 2 is 2.00 bits per heavy atom. The Hall–Kier alpha value is -2.90. The summed E-state index contributed by atoms with van der Waals surface area (Å²) in [4.78, 5) is 16.6. The number of nitrogens with one attached hydrogen (secondary N) is 1. The van der Waals surface area contributed by atoms with E-state index in [-0.39, 0.29) is 12.3 Å². The van der Waals surface area contributed by atoms with Gasteiger partial charge in [-0.05, 0) is 25.1 Å². The standard InChI is InChI=1S/C21H18N2OS/c1-16-7-5-11-18(13-16)21-23-19(15-25-21)14-20(24)22-12-6-10-17-8-3-2-4-9-17/h2-5,7-9,11,13,15H,12,14H2,1H3,(H,22,24). The van der Waals surface area contributed by atoms with Crippen molar-refractivity contribution in [2.24, 2.45) is 0 Å². The van der Waals surface area contributed by atoms with Gasteiger partial charge >= 0.3 is 0 Å². The minimum atomic E-state index is -0.0662. The predicted molar refractivity (Wildman–Crippen MR) is 102 cm³/mol. The number of hydrogen-bond donors (Lipinski definition) is 1. The third kappa shape index (κ3) is 5.03. The van der Waals surface area contributed by atoms with Crippen LogP contribution in [0, 0.1) is 18.8 Å². The molecule has 0 saturated carbocycles. The van der Waals surface area contributed by atoms with Gasteiger partial charge in [0.05, 0.1) is 18.7 Å². The van der Waals surface area contributed by atoms with Gasteiger partial charge in [-0.2, -0.15) is 0 Å². The van der Waals surface area contributed by atoms with Crippen LogP contribution in [0.4, 0.5) is 0 Å². The normalized spacial score (nSPS) is 9.96. The van der Waals surface area contributed by atoms with E-state index in [0.29, 0.717) is 6.54 Å². The molecule has 0 saturated heterocycles. The van der Waals surface area contributed by atoms with Crippen molar-refractivity contribution in [3.63, 3.8) is 0 Å². The van der Waals surface area contributed by atoms with E-state index in [1.807, 2.05) is 47.8 Å². The zero-order valence-electron chi connectivity index (χ0n) is 14.0. The molecule has 1 N–H and O–H groups in total. The second kappa shape index (κ2) is 8.27. The topological polar surface area (TPSA) is 42.0 Å². The van der Waals surface area contributed by atoms with Gasteiger partial charge in [-0.3, -0.25) is 4.79 Å². The van der Waals surface area contributed by atoms with Gasteiger partial charge in [0, 0.05) is 16.5 Å². The molecule has 3 rings (SSSR count). The number of thiazole rings is 1. The largest absolute Gasteiger partial charge is 0.345 e. The molecule has 0 radical (unpaired) electrons. The van der Waals surface area contributed by atoms with Gasteiger partial charge in [-0.25, -0.2) is 4.98 Å². The van der Waals surface area contributed by atoms with Crippen LogP contribution < -0.4 is 5.32 Å². The number of hydrogen-bond acceptors (Lipinski definition) is 3. The van der Waals surface area contributed by atoms with Gasteiger partial charge in [0.1, 0.15) is 5.01 Å². The lowest BCUT2D eigenvalue weighted by atomic mass is 10.1. The van der Waals surface area contributed by atoms with Gasteiger partial charge in [0.2, 0.25) is 5.91 Å². The summed E-state index contributed by atoms with van der Waals surface area (Å²) >= 11 is 1.56. The first-order valence-electron chi connectivity index (χ1n) is 8.03. The van der Waals surface area contributed by atoms with Gasteiger partial charge < -0.3 is 5.32 Å². The van der Waals surface area contributed by atoms with Crippen molar-refractivity contribution >= 4 is 17.2 Å². The first kappa shape index (κ1) is 16.9. The van der Waals surface area contributed by atoms with Crippen molar-refractivity contribution in [3.8, 4) is 22.4 Å². The van der Waals surface area contributed by atoms with Crippen molar-refractivity contribution in [3.05, 3.63) is 76.8 Å². The minimum Gasteiger partial charge on any atom is -0.345 e. The van der Waals surface area contributed by atoms with E-state index >= 15 is 0 Å². The first-order chi connectivity index (χ1) is 12.2. The van der Waals surface area contributed by atoms with Crippen LogP contribution in [0.5, 0.6) is 0 Å². The number of nitrogens with zero attached hydrogens (tertiary/aromatic N) is 1.